The van der Waals surface area contributed by atoms with Crippen molar-refractivity contribution in [3.63, 3.8) is 0 Å². The third kappa shape index (κ3) is 3.56. The van der Waals surface area contributed by atoms with E-state index in [0.717, 1.165) is 28.8 Å². The Labute approximate surface area is 139 Å². The summed E-state index contributed by atoms with van der Waals surface area (Å²) < 4.78 is 1.97. The second kappa shape index (κ2) is 7.33. The fourth-order valence-electron chi connectivity index (χ4n) is 2.63. The molecule has 4 nitrogen and oxygen atoms in total. The number of hydrogen-bond acceptors (Lipinski definition) is 3. The predicted octanol–water partition coefficient (Wildman–Crippen LogP) is 3.97. The zero-order valence-corrected chi connectivity index (χ0v) is 13.8. The van der Waals surface area contributed by atoms with Gasteiger partial charge in [-0.25, -0.2) is 0 Å². The van der Waals surface area contributed by atoms with Crippen molar-refractivity contribution in [1.82, 2.24) is 9.55 Å². The average molecular weight is 325 g/mol. The zero-order valence-electron chi connectivity index (χ0n) is 13.0. The Kier molecular flexibility index (Phi) is 4.98. The number of carbonyl (C=O) groups excluding carboxylic acids is 1. The molecule has 0 aliphatic carbocycles. The van der Waals surface area contributed by atoms with Gasteiger partial charge in [-0.15, -0.1) is 0 Å². The first-order valence-electron chi connectivity index (χ1n) is 7.55. The van der Waals surface area contributed by atoms with Gasteiger partial charge in [-0.05, 0) is 54.8 Å². The molecule has 1 atom stereocenters. The summed E-state index contributed by atoms with van der Waals surface area (Å²) in [7, 11) is 0. The summed E-state index contributed by atoms with van der Waals surface area (Å²) >= 11 is 1.75. The summed E-state index contributed by atoms with van der Waals surface area (Å²) in [5.74, 6) is 0.944. The molecule has 0 radical (unpaired) electrons. The second-order valence-corrected chi connectivity index (χ2v) is 6.28. The first-order chi connectivity index (χ1) is 11.3. The Hall–Kier alpha value is -2.27. The molecule has 0 fully saturated rings. The summed E-state index contributed by atoms with van der Waals surface area (Å²) in [6, 6.07) is 13.3. The van der Waals surface area contributed by atoms with Crippen molar-refractivity contribution in [2.75, 3.05) is 17.3 Å². The fraction of sp³-hybridized carbons (Fsp3) is 0.222. The molecule has 0 bridgehead atoms. The molecule has 0 unspecified atom stereocenters. The van der Waals surface area contributed by atoms with Gasteiger partial charge in [0.15, 0.2) is 0 Å². The number of aromatic nitrogens is 2. The molecule has 2 heterocycles. The molecular formula is C18H19N3OS. The zero-order chi connectivity index (χ0) is 16.1. The van der Waals surface area contributed by atoms with Crippen LogP contribution in [0.1, 0.15) is 12.5 Å². The molecule has 0 spiro atoms. The maximum absolute atomic E-state index is 12.8. The molecule has 0 aliphatic rings. The first kappa shape index (κ1) is 15.6. The lowest BCUT2D eigenvalue weighted by Crippen LogP contribution is -2.26. The van der Waals surface area contributed by atoms with Crippen LogP contribution >= 0.6 is 11.8 Å². The van der Waals surface area contributed by atoms with Crippen LogP contribution in [0.2, 0.25) is 0 Å². The molecule has 118 valence electrons. The van der Waals surface area contributed by atoms with Gasteiger partial charge in [-0.1, -0.05) is 6.07 Å². The Bertz CT molecular complexity index is 781. The first-order valence-corrected chi connectivity index (χ1v) is 8.95. The summed E-state index contributed by atoms with van der Waals surface area (Å²) in [5, 5.41) is 4.03. The topological polar surface area (TPSA) is 46.9 Å². The van der Waals surface area contributed by atoms with E-state index in [1.807, 2.05) is 59.4 Å². The lowest BCUT2D eigenvalue weighted by molar-refractivity contribution is -0.119. The van der Waals surface area contributed by atoms with Crippen molar-refractivity contribution in [3.8, 4) is 0 Å². The standard InChI is InChI=1S/C18H19N3OS/c1-23-13-9-17(21-11-2-3-12-21)18(22)20-16-8-4-7-15-14(16)6-5-10-19-15/h2-8,10-12,17H,9,13H2,1H3,(H,20,22)/t17-/m1/s1. The van der Waals surface area contributed by atoms with E-state index in [-0.39, 0.29) is 11.9 Å². The van der Waals surface area contributed by atoms with Crippen molar-refractivity contribution >= 4 is 34.3 Å². The van der Waals surface area contributed by atoms with Crippen LogP contribution in [0.25, 0.3) is 10.9 Å². The minimum absolute atomic E-state index is 0.00611. The average Bonchev–Trinajstić information content (AvgIpc) is 3.10. The van der Waals surface area contributed by atoms with Gasteiger partial charge < -0.3 is 9.88 Å². The molecule has 5 heteroatoms. The molecule has 3 aromatic rings. The van der Waals surface area contributed by atoms with Crippen LogP contribution < -0.4 is 5.32 Å². The quantitative estimate of drug-likeness (QED) is 0.746. The van der Waals surface area contributed by atoms with Crippen LogP contribution in [0.5, 0.6) is 0 Å². The lowest BCUT2D eigenvalue weighted by Gasteiger charge is -2.19. The molecule has 0 aliphatic heterocycles. The summed E-state index contributed by atoms with van der Waals surface area (Å²) in [6.07, 6.45) is 8.49. The third-order valence-electron chi connectivity index (χ3n) is 3.79. The maximum Gasteiger partial charge on any atom is 0.247 e. The fourth-order valence-corrected chi connectivity index (χ4v) is 3.09. The molecule has 3 rings (SSSR count). The van der Waals surface area contributed by atoms with Crippen LogP contribution in [0, 0.1) is 0 Å². The van der Waals surface area contributed by atoms with Gasteiger partial charge in [0.2, 0.25) is 5.91 Å². The van der Waals surface area contributed by atoms with Gasteiger partial charge in [0.05, 0.1) is 11.2 Å². The molecule has 23 heavy (non-hydrogen) atoms. The van der Waals surface area contributed by atoms with Crippen LogP contribution in [0.4, 0.5) is 5.69 Å². The van der Waals surface area contributed by atoms with E-state index < -0.39 is 0 Å². The van der Waals surface area contributed by atoms with Crippen molar-refractivity contribution < 1.29 is 4.79 Å². The normalized spacial score (nSPS) is 12.2. The van der Waals surface area contributed by atoms with Crippen molar-refractivity contribution in [2.24, 2.45) is 0 Å². The number of amides is 1. The highest BCUT2D eigenvalue weighted by atomic mass is 32.2. The van der Waals surface area contributed by atoms with Crippen LogP contribution in [-0.4, -0.2) is 27.5 Å². The van der Waals surface area contributed by atoms with E-state index in [1.54, 1.807) is 18.0 Å². The van der Waals surface area contributed by atoms with Gasteiger partial charge in [0.25, 0.3) is 0 Å². The van der Waals surface area contributed by atoms with Gasteiger partial charge in [-0.2, -0.15) is 11.8 Å². The number of benzene rings is 1. The molecule has 0 saturated heterocycles. The Morgan fingerprint density at radius 3 is 2.83 bits per heavy atom. The Morgan fingerprint density at radius 1 is 1.22 bits per heavy atom. The number of hydrogen-bond donors (Lipinski definition) is 1. The minimum atomic E-state index is -0.204. The lowest BCUT2D eigenvalue weighted by atomic mass is 10.1. The summed E-state index contributed by atoms with van der Waals surface area (Å²) in [4.78, 5) is 17.1. The molecule has 1 N–H and O–H groups in total. The van der Waals surface area contributed by atoms with Crippen LogP contribution in [0.3, 0.4) is 0 Å². The van der Waals surface area contributed by atoms with E-state index in [4.69, 9.17) is 0 Å². The van der Waals surface area contributed by atoms with Crippen LogP contribution in [0.15, 0.2) is 61.1 Å². The van der Waals surface area contributed by atoms with E-state index in [1.165, 1.54) is 0 Å². The highest BCUT2D eigenvalue weighted by Crippen LogP contribution is 2.24. The van der Waals surface area contributed by atoms with E-state index in [0.29, 0.717) is 0 Å². The van der Waals surface area contributed by atoms with E-state index in [9.17, 15) is 4.79 Å². The maximum atomic E-state index is 12.8. The Balaban J connectivity index is 1.86. The molecule has 1 aromatic carbocycles. The highest BCUT2D eigenvalue weighted by molar-refractivity contribution is 7.98. The largest absolute Gasteiger partial charge is 0.342 e. The molecular weight excluding hydrogens is 306 g/mol. The monoisotopic (exact) mass is 325 g/mol. The summed E-state index contributed by atoms with van der Waals surface area (Å²) in [6.45, 7) is 0. The van der Waals surface area contributed by atoms with E-state index in [2.05, 4.69) is 16.6 Å². The number of anilines is 1. The number of rotatable bonds is 6. The second-order valence-electron chi connectivity index (χ2n) is 5.29. The van der Waals surface area contributed by atoms with E-state index >= 15 is 0 Å². The number of nitrogens with one attached hydrogen (secondary N) is 1. The SMILES string of the molecule is CSCC[C@H](C(=O)Nc1cccc2ncccc12)n1cccc1. The highest BCUT2D eigenvalue weighted by Gasteiger charge is 2.20. The van der Waals surface area contributed by atoms with Crippen molar-refractivity contribution in [3.05, 3.63) is 61.1 Å². The number of nitrogens with zero attached hydrogens (tertiary/aromatic N) is 2. The summed E-state index contributed by atoms with van der Waals surface area (Å²) in [5.41, 5.74) is 1.69. The molecule has 2 aromatic heterocycles. The smallest absolute Gasteiger partial charge is 0.247 e. The predicted molar refractivity (Wildman–Crippen MR) is 96.8 cm³/mol. The number of thioether (sulfide) groups is 1. The van der Waals surface area contributed by atoms with Crippen LogP contribution in [-0.2, 0) is 4.79 Å². The third-order valence-corrected chi connectivity index (χ3v) is 4.43. The van der Waals surface area contributed by atoms with Gasteiger partial charge in [-0.3, -0.25) is 9.78 Å². The molecule has 1 amide bonds. The van der Waals surface area contributed by atoms with Gasteiger partial charge in [0, 0.05) is 24.0 Å². The number of fused-ring (bicyclic) bond motifs is 1. The van der Waals surface area contributed by atoms with Gasteiger partial charge >= 0.3 is 0 Å². The molecule has 0 saturated carbocycles. The van der Waals surface area contributed by atoms with Crippen molar-refractivity contribution in [2.45, 2.75) is 12.5 Å². The Morgan fingerprint density at radius 2 is 2.04 bits per heavy atom. The van der Waals surface area contributed by atoms with Gasteiger partial charge in [0.1, 0.15) is 6.04 Å². The number of pyridine rings is 1. The minimum Gasteiger partial charge on any atom is -0.342 e. The van der Waals surface area contributed by atoms with Crippen molar-refractivity contribution in [1.29, 1.82) is 0 Å². The number of carbonyl (C=O) groups is 1.